The van der Waals surface area contributed by atoms with Crippen molar-refractivity contribution < 1.29 is 9.90 Å². The molecule has 0 radical (unpaired) electrons. The van der Waals surface area contributed by atoms with E-state index in [9.17, 15) is 9.90 Å². The summed E-state index contributed by atoms with van der Waals surface area (Å²) in [5.41, 5.74) is 1.44. The maximum atomic E-state index is 11.4. The van der Waals surface area contributed by atoms with Crippen LogP contribution in [0.15, 0.2) is 18.2 Å². The Morgan fingerprint density at radius 2 is 2.27 bits per heavy atom. The minimum Gasteiger partial charge on any atom is -0.506 e. The summed E-state index contributed by atoms with van der Waals surface area (Å²) in [6.45, 7) is 1.90. The number of nitrogens with one attached hydrogen (secondary N) is 1. The average molecular weight is 228 g/mol. The lowest BCUT2D eigenvalue weighted by atomic mass is 10.2. The second-order valence-electron chi connectivity index (χ2n) is 3.36. The molecule has 0 aliphatic carbocycles. The molecule has 0 saturated heterocycles. The number of halogens is 1. The first kappa shape index (κ1) is 11.9. The Hall–Kier alpha value is -1.22. The second kappa shape index (κ2) is 5.61. The Bertz CT molecular complexity index is 352. The molecule has 0 aliphatic heterocycles. The lowest BCUT2D eigenvalue weighted by Crippen LogP contribution is -2.11. The van der Waals surface area contributed by atoms with Gasteiger partial charge in [0, 0.05) is 12.3 Å². The van der Waals surface area contributed by atoms with Crippen LogP contribution in [0.4, 0.5) is 5.69 Å². The van der Waals surface area contributed by atoms with E-state index in [1.165, 1.54) is 0 Å². The summed E-state index contributed by atoms with van der Waals surface area (Å²) in [5.74, 6) is 0.420. The van der Waals surface area contributed by atoms with Crippen molar-refractivity contribution in [3.05, 3.63) is 23.8 Å². The quantitative estimate of drug-likeness (QED) is 0.614. The number of alkyl halides is 1. The van der Waals surface area contributed by atoms with Crippen molar-refractivity contribution in [2.75, 3.05) is 11.2 Å². The van der Waals surface area contributed by atoms with E-state index in [0.29, 0.717) is 24.4 Å². The van der Waals surface area contributed by atoms with Crippen LogP contribution in [0.1, 0.15) is 18.4 Å². The predicted octanol–water partition coefficient (Wildman–Crippen LogP) is 2.66. The highest BCUT2D eigenvalue weighted by Gasteiger charge is 2.05. The predicted molar refractivity (Wildman–Crippen MR) is 61.4 cm³/mol. The van der Waals surface area contributed by atoms with E-state index < -0.39 is 0 Å². The van der Waals surface area contributed by atoms with Gasteiger partial charge in [-0.15, -0.1) is 11.6 Å². The van der Waals surface area contributed by atoms with Crippen LogP contribution in [-0.2, 0) is 4.79 Å². The maximum absolute atomic E-state index is 11.4. The fourth-order valence-corrected chi connectivity index (χ4v) is 1.32. The van der Waals surface area contributed by atoms with Crippen molar-refractivity contribution in [1.82, 2.24) is 0 Å². The van der Waals surface area contributed by atoms with Gasteiger partial charge in [-0.2, -0.15) is 0 Å². The maximum Gasteiger partial charge on any atom is 0.224 e. The lowest BCUT2D eigenvalue weighted by molar-refractivity contribution is -0.116. The number of hydrogen-bond acceptors (Lipinski definition) is 2. The van der Waals surface area contributed by atoms with E-state index in [-0.39, 0.29) is 11.7 Å². The van der Waals surface area contributed by atoms with Crippen LogP contribution in [0.3, 0.4) is 0 Å². The molecule has 2 N–H and O–H groups in total. The molecular formula is C11H14ClNO2. The molecule has 0 bridgehead atoms. The zero-order chi connectivity index (χ0) is 11.3. The van der Waals surface area contributed by atoms with E-state index in [1.807, 2.05) is 6.92 Å². The smallest absolute Gasteiger partial charge is 0.224 e. The number of anilines is 1. The number of carbonyl (C=O) groups excluding carboxylic acids is 1. The summed E-state index contributed by atoms with van der Waals surface area (Å²) >= 11 is 5.48. The highest BCUT2D eigenvalue weighted by atomic mass is 35.5. The number of hydrogen-bond donors (Lipinski definition) is 2. The Balaban J connectivity index is 2.63. The fourth-order valence-electron chi connectivity index (χ4n) is 1.19. The molecule has 0 unspecified atom stereocenters. The van der Waals surface area contributed by atoms with Crippen molar-refractivity contribution in [2.45, 2.75) is 19.8 Å². The van der Waals surface area contributed by atoms with Gasteiger partial charge in [0.1, 0.15) is 5.75 Å². The average Bonchev–Trinajstić information content (AvgIpc) is 2.20. The number of phenols is 1. The van der Waals surface area contributed by atoms with Crippen molar-refractivity contribution in [3.8, 4) is 5.75 Å². The minimum atomic E-state index is -0.128. The van der Waals surface area contributed by atoms with Crippen molar-refractivity contribution in [3.63, 3.8) is 0 Å². The lowest BCUT2D eigenvalue weighted by Gasteiger charge is -2.07. The molecule has 0 atom stereocenters. The van der Waals surface area contributed by atoms with Crippen LogP contribution < -0.4 is 5.32 Å². The zero-order valence-corrected chi connectivity index (χ0v) is 9.34. The molecule has 0 fully saturated rings. The van der Waals surface area contributed by atoms with E-state index in [0.717, 1.165) is 5.56 Å². The molecule has 0 aromatic heterocycles. The molecule has 1 aromatic rings. The van der Waals surface area contributed by atoms with Crippen LogP contribution in [0.2, 0.25) is 0 Å². The van der Waals surface area contributed by atoms with Gasteiger partial charge >= 0.3 is 0 Å². The first-order valence-electron chi connectivity index (χ1n) is 4.79. The van der Waals surface area contributed by atoms with E-state index in [2.05, 4.69) is 5.32 Å². The standard InChI is InChI=1S/C11H14ClNO2/c1-8-4-5-10(14)9(7-8)13-11(15)3-2-6-12/h4-5,7,14H,2-3,6H2,1H3,(H,13,15). The van der Waals surface area contributed by atoms with Gasteiger partial charge in [0.15, 0.2) is 0 Å². The SMILES string of the molecule is Cc1ccc(O)c(NC(=O)CCCCl)c1. The number of benzene rings is 1. The molecule has 15 heavy (non-hydrogen) atoms. The van der Waals surface area contributed by atoms with Gasteiger partial charge in [-0.3, -0.25) is 4.79 Å². The normalized spacial score (nSPS) is 10.0. The summed E-state index contributed by atoms with van der Waals surface area (Å²) in [7, 11) is 0. The number of aromatic hydroxyl groups is 1. The van der Waals surface area contributed by atoms with Crippen molar-refractivity contribution in [2.24, 2.45) is 0 Å². The molecule has 1 rings (SSSR count). The second-order valence-corrected chi connectivity index (χ2v) is 3.74. The van der Waals surface area contributed by atoms with Crippen LogP contribution in [0, 0.1) is 6.92 Å². The summed E-state index contributed by atoms with van der Waals surface area (Å²) < 4.78 is 0. The van der Waals surface area contributed by atoms with Crippen LogP contribution in [0.25, 0.3) is 0 Å². The van der Waals surface area contributed by atoms with Crippen molar-refractivity contribution >= 4 is 23.2 Å². The third-order valence-corrected chi connectivity index (χ3v) is 2.23. The molecular weight excluding hydrogens is 214 g/mol. The van der Waals surface area contributed by atoms with Gasteiger partial charge in [-0.25, -0.2) is 0 Å². The number of amides is 1. The minimum absolute atomic E-state index is 0.0832. The van der Waals surface area contributed by atoms with E-state index in [1.54, 1.807) is 18.2 Å². The van der Waals surface area contributed by atoms with Gasteiger partial charge in [0.2, 0.25) is 5.91 Å². The van der Waals surface area contributed by atoms with Crippen LogP contribution in [0.5, 0.6) is 5.75 Å². The van der Waals surface area contributed by atoms with Gasteiger partial charge in [-0.05, 0) is 31.0 Å². The topological polar surface area (TPSA) is 49.3 Å². The molecule has 3 nitrogen and oxygen atoms in total. The molecule has 4 heteroatoms. The third kappa shape index (κ3) is 3.80. The fraction of sp³-hybridized carbons (Fsp3) is 0.364. The molecule has 0 spiro atoms. The van der Waals surface area contributed by atoms with Gasteiger partial charge in [0.25, 0.3) is 0 Å². The number of rotatable bonds is 4. The third-order valence-electron chi connectivity index (χ3n) is 1.96. The van der Waals surface area contributed by atoms with Gasteiger partial charge < -0.3 is 10.4 Å². The number of aryl methyl sites for hydroxylation is 1. The van der Waals surface area contributed by atoms with Gasteiger partial charge in [-0.1, -0.05) is 6.07 Å². The largest absolute Gasteiger partial charge is 0.506 e. The highest BCUT2D eigenvalue weighted by molar-refractivity contribution is 6.18. The summed E-state index contributed by atoms with van der Waals surface area (Å²) in [5, 5.41) is 12.1. The molecule has 1 aromatic carbocycles. The van der Waals surface area contributed by atoms with Crippen LogP contribution in [-0.4, -0.2) is 16.9 Å². The Labute approximate surface area is 94.1 Å². The Morgan fingerprint density at radius 1 is 1.53 bits per heavy atom. The first-order chi connectivity index (χ1) is 7.13. The molecule has 1 amide bonds. The van der Waals surface area contributed by atoms with E-state index >= 15 is 0 Å². The molecule has 0 saturated carbocycles. The molecule has 0 aliphatic rings. The zero-order valence-electron chi connectivity index (χ0n) is 8.59. The number of carbonyl (C=O) groups is 1. The molecule has 0 heterocycles. The summed E-state index contributed by atoms with van der Waals surface area (Å²) in [6, 6.07) is 5.07. The Kier molecular flexibility index (Phi) is 4.43. The monoisotopic (exact) mass is 227 g/mol. The molecule has 82 valence electrons. The summed E-state index contributed by atoms with van der Waals surface area (Å²) in [4.78, 5) is 11.4. The van der Waals surface area contributed by atoms with E-state index in [4.69, 9.17) is 11.6 Å². The Morgan fingerprint density at radius 3 is 2.93 bits per heavy atom. The highest BCUT2D eigenvalue weighted by Crippen LogP contribution is 2.23. The van der Waals surface area contributed by atoms with Crippen molar-refractivity contribution in [1.29, 1.82) is 0 Å². The number of phenolic OH excluding ortho intramolecular Hbond substituents is 1. The van der Waals surface area contributed by atoms with Crippen LogP contribution >= 0.6 is 11.6 Å². The first-order valence-corrected chi connectivity index (χ1v) is 5.32. The van der Waals surface area contributed by atoms with Gasteiger partial charge in [0.05, 0.1) is 5.69 Å². The summed E-state index contributed by atoms with van der Waals surface area (Å²) in [6.07, 6.45) is 1.01.